The maximum absolute atomic E-state index is 13.0. The van der Waals surface area contributed by atoms with Crippen molar-refractivity contribution in [3.63, 3.8) is 0 Å². The third kappa shape index (κ3) is 4.58. The lowest BCUT2D eigenvalue weighted by molar-refractivity contribution is -0.120. The van der Waals surface area contributed by atoms with E-state index in [4.69, 9.17) is 4.74 Å². The van der Waals surface area contributed by atoms with Crippen LogP contribution in [-0.4, -0.2) is 37.7 Å². The average Bonchev–Trinajstić information content (AvgIpc) is 3.19. The number of Topliss-reactive ketones (excluding diaryl/α,β-unsaturated/α-hetero) is 1. The Morgan fingerprint density at radius 2 is 1.82 bits per heavy atom. The molecule has 1 aliphatic heterocycles. The normalized spacial score (nSPS) is 17.5. The van der Waals surface area contributed by atoms with Gasteiger partial charge in [-0.15, -0.1) is 0 Å². The van der Waals surface area contributed by atoms with Gasteiger partial charge < -0.3 is 4.74 Å². The van der Waals surface area contributed by atoms with Gasteiger partial charge in [0.2, 0.25) is 10.0 Å². The van der Waals surface area contributed by atoms with Crippen LogP contribution in [0.2, 0.25) is 0 Å². The summed E-state index contributed by atoms with van der Waals surface area (Å²) in [7, 11) is -3.67. The zero-order valence-electron chi connectivity index (χ0n) is 16.0. The van der Waals surface area contributed by atoms with Crippen molar-refractivity contribution in [1.82, 2.24) is 4.31 Å². The molecule has 28 heavy (non-hydrogen) atoms. The van der Waals surface area contributed by atoms with Crippen LogP contribution in [0.5, 0.6) is 0 Å². The van der Waals surface area contributed by atoms with Gasteiger partial charge in [0, 0.05) is 12.1 Å². The van der Waals surface area contributed by atoms with Crippen molar-refractivity contribution in [2.24, 2.45) is 0 Å². The second-order valence-electron chi connectivity index (χ2n) is 7.01. The maximum atomic E-state index is 13.0. The van der Waals surface area contributed by atoms with E-state index >= 15 is 0 Å². The van der Waals surface area contributed by atoms with Gasteiger partial charge >= 0.3 is 0 Å². The number of carbonyl (C=O) groups excluding carboxylic acids is 1. The Hall–Kier alpha value is -2.28. The van der Waals surface area contributed by atoms with Gasteiger partial charge in [-0.2, -0.15) is 4.31 Å². The number of aryl methyl sites for hydroxylation is 1. The molecule has 0 radical (unpaired) electrons. The number of hydrogen-bond donors (Lipinski definition) is 0. The third-order valence-corrected chi connectivity index (χ3v) is 6.86. The summed E-state index contributed by atoms with van der Waals surface area (Å²) in [5, 5.41) is 0. The number of ketones is 1. The lowest BCUT2D eigenvalue weighted by atomic mass is 10.0. The average molecular weight is 400 g/mol. The molecule has 1 atom stereocenters. The molecule has 1 fully saturated rings. The van der Waals surface area contributed by atoms with Crippen LogP contribution in [0, 0.1) is 6.92 Å². The molecular weight excluding hydrogens is 374 g/mol. The van der Waals surface area contributed by atoms with Crippen molar-refractivity contribution in [3.8, 4) is 0 Å². The van der Waals surface area contributed by atoms with E-state index in [0.717, 1.165) is 11.1 Å². The molecule has 1 saturated heterocycles. The van der Waals surface area contributed by atoms with Gasteiger partial charge in [0.15, 0.2) is 5.78 Å². The molecule has 0 N–H and O–H groups in total. The van der Waals surface area contributed by atoms with E-state index in [1.807, 2.05) is 37.3 Å². The number of benzene rings is 2. The molecule has 0 bridgehead atoms. The van der Waals surface area contributed by atoms with E-state index in [1.165, 1.54) is 4.31 Å². The summed E-state index contributed by atoms with van der Waals surface area (Å²) < 4.78 is 32.9. The Bertz CT molecular complexity index is 936. The first-order valence-corrected chi connectivity index (χ1v) is 10.8. The molecule has 0 amide bonds. The quantitative estimate of drug-likeness (QED) is 0.638. The number of carbonyl (C=O) groups is 1. The first-order chi connectivity index (χ1) is 13.4. The fraction of sp³-hybridized carbons (Fsp3) is 0.318. The molecular formula is C22H25NO4S. The largest absolute Gasteiger partial charge is 0.369 e. The Balaban J connectivity index is 1.65. The fourth-order valence-electron chi connectivity index (χ4n) is 3.34. The highest BCUT2D eigenvalue weighted by Crippen LogP contribution is 2.30. The zero-order chi connectivity index (χ0) is 20.1. The lowest BCUT2D eigenvalue weighted by Crippen LogP contribution is -2.38. The minimum Gasteiger partial charge on any atom is -0.369 e. The zero-order valence-corrected chi connectivity index (χ0v) is 16.8. The summed E-state index contributed by atoms with van der Waals surface area (Å²) in [4.78, 5) is 12.8. The molecule has 1 unspecified atom stereocenters. The molecule has 2 aromatic rings. The summed E-state index contributed by atoms with van der Waals surface area (Å²) in [6.45, 7) is 6.41. The molecule has 148 valence electrons. The van der Waals surface area contributed by atoms with E-state index in [9.17, 15) is 13.2 Å². The molecule has 1 aliphatic rings. The Kier molecular flexibility index (Phi) is 6.44. The van der Waals surface area contributed by atoms with Crippen LogP contribution in [-0.2, 0) is 26.2 Å². The van der Waals surface area contributed by atoms with Crippen molar-refractivity contribution in [2.75, 3.05) is 13.2 Å². The van der Waals surface area contributed by atoms with Crippen molar-refractivity contribution in [3.05, 3.63) is 77.9 Å². The Morgan fingerprint density at radius 1 is 1.14 bits per heavy atom. The fourth-order valence-corrected chi connectivity index (χ4v) is 5.02. The monoisotopic (exact) mass is 399 g/mol. The lowest BCUT2D eigenvalue weighted by Gasteiger charge is -2.25. The first-order valence-electron chi connectivity index (χ1n) is 9.32. The Labute approximate surface area is 166 Å². The highest BCUT2D eigenvalue weighted by atomic mass is 32.2. The first kappa shape index (κ1) is 20.5. The second-order valence-corrected chi connectivity index (χ2v) is 8.90. The molecule has 2 aromatic carbocycles. The van der Waals surface area contributed by atoms with Gasteiger partial charge in [-0.05, 0) is 37.5 Å². The van der Waals surface area contributed by atoms with E-state index < -0.39 is 16.1 Å². The SMILES string of the molecule is C=C(C(=O)COCc1ccccc1)C1CCCN1S(=O)(=O)c1ccc(C)cc1. The molecule has 0 aliphatic carbocycles. The van der Waals surface area contributed by atoms with Gasteiger partial charge in [0.25, 0.3) is 0 Å². The predicted molar refractivity (Wildman–Crippen MR) is 108 cm³/mol. The van der Waals surface area contributed by atoms with E-state index in [-0.39, 0.29) is 17.3 Å². The molecule has 5 nitrogen and oxygen atoms in total. The van der Waals surface area contributed by atoms with Crippen LogP contribution in [0.25, 0.3) is 0 Å². The maximum Gasteiger partial charge on any atom is 0.243 e. The van der Waals surface area contributed by atoms with Crippen molar-refractivity contribution < 1.29 is 17.9 Å². The molecule has 3 rings (SSSR count). The summed E-state index contributed by atoms with van der Waals surface area (Å²) in [6, 6.07) is 15.8. The number of ether oxygens (including phenoxy) is 1. The van der Waals surface area contributed by atoms with E-state index in [0.29, 0.717) is 31.6 Å². The highest BCUT2D eigenvalue weighted by Gasteiger charge is 2.38. The van der Waals surface area contributed by atoms with E-state index in [1.54, 1.807) is 24.3 Å². The standard InChI is InChI=1S/C22H25NO4S/c1-17-10-12-20(13-11-17)28(25,26)23-14-6-9-21(23)18(2)22(24)16-27-15-19-7-4-3-5-8-19/h3-5,7-8,10-13,21H,2,6,9,14-16H2,1H3. The minimum absolute atomic E-state index is 0.108. The van der Waals surface area contributed by atoms with E-state index in [2.05, 4.69) is 6.58 Å². The van der Waals surface area contributed by atoms with Gasteiger partial charge in [-0.3, -0.25) is 4.79 Å². The Morgan fingerprint density at radius 3 is 2.50 bits per heavy atom. The van der Waals surface area contributed by atoms with Crippen LogP contribution in [0.1, 0.15) is 24.0 Å². The predicted octanol–water partition coefficient (Wildman–Crippen LogP) is 3.49. The van der Waals surface area contributed by atoms with Crippen LogP contribution >= 0.6 is 0 Å². The topological polar surface area (TPSA) is 63.7 Å². The number of rotatable bonds is 8. The molecule has 0 spiro atoms. The van der Waals surface area contributed by atoms with Crippen LogP contribution in [0.15, 0.2) is 71.6 Å². The molecule has 0 aromatic heterocycles. The second kappa shape index (κ2) is 8.82. The van der Waals surface area contributed by atoms with Gasteiger partial charge in [-0.25, -0.2) is 8.42 Å². The van der Waals surface area contributed by atoms with Gasteiger partial charge in [-0.1, -0.05) is 54.6 Å². The third-order valence-electron chi connectivity index (χ3n) is 4.94. The van der Waals surface area contributed by atoms with Gasteiger partial charge in [0.05, 0.1) is 17.5 Å². The molecule has 6 heteroatoms. The summed E-state index contributed by atoms with van der Waals surface area (Å²) >= 11 is 0. The molecule has 1 heterocycles. The van der Waals surface area contributed by atoms with Gasteiger partial charge in [0.1, 0.15) is 6.61 Å². The summed E-state index contributed by atoms with van der Waals surface area (Å²) in [6.07, 6.45) is 1.29. The molecule has 0 saturated carbocycles. The number of nitrogens with zero attached hydrogens (tertiary/aromatic N) is 1. The highest BCUT2D eigenvalue weighted by molar-refractivity contribution is 7.89. The minimum atomic E-state index is -3.67. The summed E-state index contributed by atoms with van der Waals surface area (Å²) in [5.41, 5.74) is 2.26. The van der Waals surface area contributed by atoms with Crippen molar-refractivity contribution in [1.29, 1.82) is 0 Å². The smallest absolute Gasteiger partial charge is 0.243 e. The summed E-state index contributed by atoms with van der Waals surface area (Å²) in [5.74, 6) is -0.257. The number of sulfonamides is 1. The number of hydrogen-bond acceptors (Lipinski definition) is 4. The van der Waals surface area contributed by atoms with Crippen LogP contribution in [0.3, 0.4) is 0 Å². The van der Waals surface area contributed by atoms with Crippen molar-refractivity contribution in [2.45, 2.75) is 37.3 Å². The van der Waals surface area contributed by atoms with Crippen LogP contribution in [0.4, 0.5) is 0 Å². The van der Waals surface area contributed by atoms with Crippen LogP contribution < -0.4 is 0 Å². The van der Waals surface area contributed by atoms with Crippen molar-refractivity contribution >= 4 is 15.8 Å².